The second-order valence-electron chi connectivity index (χ2n) is 5.23. The molecule has 0 aliphatic rings. The van der Waals surface area contributed by atoms with Gasteiger partial charge in [0.2, 0.25) is 0 Å². The van der Waals surface area contributed by atoms with E-state index in [1.54, 1.807) is 6.08 Å². The van der Waals surface area contributed by atoms with Crippen molar-refractivity contribution in [1.29, 1.82) is 0 Å². The lowest BCUT2D eigenvalue weighted by molar-refractivity contribution is 0.155. The van der Waals surface area contributed by atoms with Crippen molar-refractivity contribution >= 4 is 0 Å². The van der Waals surface area contributed by atoms with E-state index in [0.29, 0.717) is 18.0 Å². The number of hydrogen-bond acceptors (Lipinski definition) is 1. The van der Waals surface area contributed by atoms with E-state index in [0.717, 1.165) is 13.0 Å². The molecule has 0 aromatic carbocycles. The maximum atomic E-state index is 3.93. The fourth-order valence-corrected chi connectivity index (χ4v) is 2.41. The van der Waals surface area contributed by atoms with Gasteiger partial charge in [-0.3, -0.25) is 4.90 Å². The molecule has 0 N–H and O–H groups in total. The van der Waals surface area contributed by atoms with Gasteiger partial charge in [-0.05, 0) is 33.7 Å². The van der Waals surface area contributed by atoms with Crippen molar-refractivity contribution in [1.82, 2.24) is 4.90 Å². The van der Waals surface area contributed by atoms with Crippen LogP contribution in [0, 0.1) is 5.92 Å². The molecule has 0 heterocycles. The molecule has 0 amide bonds. The van der Waals surface area contributed by atoms with Crippen LogP contribution >= 0.6 is 0 Å². The predicted molar refractivity (Wildman–Crippen MR) is 92.9 cm³/mol. The highest BCUT2D eigenvalue weighted by Gasteiger charge is 2.23. The van der Waals surface area contributed by atoms with Gasteiger partial charge in [0, 0.05) is 18.0 Å². The highest BCUT2D eigenvalue weighted by molar-refractivity contribution is 5.18. The summed E-state index contributed by atoms with van der Waals surface area (Å²) < 4.78 is 0. The normalized spacial score (nSPS) is 15.6. The maximum absolute atomic E-state index is 3.93. The minimum atomic E-state index is 0.320. The largest absolute Gasteiger partial charge is 0.293 e. The van der Waals surface area contributed by atoms with Crippen molar-refractivity contribution in [2.24, 2.45) is 5.92 Å². The molecule has 0 bridgehead atoms. The molecule has 0 saturated heterocycles. The summed E-state index contributed by atoms with van der Waals surface area (Å²) in [4.78, 5) is 2.53. The maximum Gasteiger partial charge on any atom is 0.0282 e. The Morgan fingerprint density at radius 1 is 1.10 bits per heavy atom. The molecule has 1 nitrogen and oxygen atoms in total. The van der Waals surface area contributed by atoms with Crippen LogP contribution in [-0.2, 0) is 0 Å². The SMILES string of the molecule is C=C/C=C\C=C(/C)C(C)N(CCC)[C@H](C)C(C=C)C=C. The highest BCUT2D eigenvalue weighted by atomic mass is 15.2. The molecular formula is C19H31N. The summed E-state index contributed by atoms with van der Waals surface area (Å²) in [5.41, 5.74) is 1.36. The van der Waals surface area contributed by atoms with E-state index in [-0.39, 0.29) is 0 Å². The van der Waals surface area contributed by atoms with Crippen LogP contribution in [0.5, 0.6) is 0 Å². The van der Waals surface area contributed by atoms with Gasteiger partial charge in [-0.25, -0.2) is 0 Å². The Morgan fingerprint density at radius 3 is 2.15 bits per heavy atom. The molecule has 0 radical (unpaired) electrons. The van der Waals surface area contributed by atoms with E-state index in [1.807, 2.05) is 24.3 Å². The Hall–Kier alpha value is -1.34. The standard InChI is InChI=1S/C19H31N/c1-8-12-13-14-16(5)17(6)20(15-9-2)18(7)19(10-3)11-4/h8,10-14,17-19H,1,3-4,9,15H2,2,5-7H3/b13-12-,16-14+/t17?,18-/m1/s1. The molecule has 1 unspecified atom stereocenters. The van der Waals surface area contributed by atoms with Crippen LogP contribution in [0.15, 0.2) is 61.8 Å². The Labute approximate surface area is 126 Å². The average molecular weight is 273 g/mol. The van der Waals surface area contributed by atoms with E-state index < -0.39 is 0 Å². The minimum absolute atomic E-state index is 0.320. The van der Waals surface area contributed by atoms with Gasteiger partial charge in [0.15, 0.2) is 0 Å². The fourth-order valence-electron chi connectivity index (χ4n) is 2.41. The third kappa shape index (κ3) is 5.75. The zero-order valence-electron chi connectivity index (χ0n) is 13.7. The third-order valence-corrected chi connectivity index (χ3v) is 3.87. The van der Waals surface area contributed by atoms with Crippen LogP contribution in [0.4, 0.5) is 0 Å². The predicted octanol–water partition coefficient (Wildman–Crippen LogP) is 5.15. The van der Waals surface area contributed by atoms with Crippen molar-refractivity contribution < 1.29 is 0 Å². The first-order valence-corrected chi connectivity index (χ1v) is 7.50. The van der Waals surface area contributed by atoms with Crippen LogP contribution in [0.3, 0.4) is 0 Å². The van der Waals surface area contributed by atoms with Gasteiger partial charge in [0.25, 0.3) is 0 Å². The molecule has 20 heavy (non-hydrogen) atoms. The van der Waals surface area contributed by atoms with E-state index in [4.69, 9.17) is 0 Å². The molecule has 0 aromatic heterocycles. The summed E-state index contributed by atoms with van der Waals surface area (Å²) in [5.74, 6) is 0.320. The van der Waals surface area contributed by atoms with Crippen molar-refractivity contribution in [2.75, 3.05) is 6.54 Å². The minimum Gasteiger partial charge on any atom is -0.293 e. The number of allylic oxidation sites excluding steroid dienone is 4. The van der Waals surface area contributed by atoms with Gasteiger partial charge in [0.05, 0.1) is 0 Å². The van der Waals surface area contributed by atoms with Crippen LogP contribution < -0.4 is 0 Å². The van der Waals surface area contributed by atoms with Gasteiger partial charge < -0.3 is 0 Å². The van der Waals surface area contributed by atoms with Crippen LogP contribution in [0.25, 0.3) is 0 Å². The van der Waals surface area contributed by atoms with Gasteiger partial charge in [-0.15, -0.1) is 13.2 Å². The lowest BCUT2D eigenvalue weighted by Gasteiger charge is -2.37. The zero-order valence-corrected chi connectivity index (χ0v) is 13.7. The zero-order chi connectivity index (χ0) is 15.5. The molecule has 0 fully saturated rings. The fraction of sp³-hybridized carbons (Fsp3) is 0.474. The molecule has 0 aliphatic heterocycles. The molecule has 0 aliphatic carbocycles. The molecule has 2 atom stereocenters. The van der Waals surface area contributed by atoms with Gasteiger partial charge >= 0.3 is 0 Å². The van der Waals surface area contributed by atoms with E-state index in [1.165, 1.54) is 5.57 Å². The molecular weight excluding hydrogens is 242 g/mol. The first-order valence-electron chi connectivity index (χ1n) is 7.50. The second-order valence-corrected chi connectivity index (χ2v) is 5.23. The monoisotopic (exact) mass is 273 g/mol. The van der Waals surface area contributed by atoms with Crippen molar-refractivity contribution in [3.63, 3.8) is 0 Å². The van der Waals surface area contributed by atoms with Crippen molar-refractivity contribution in [2.45, 2.75) is 46.2 Å². The van der Waals surface area contributed by atoms with Gasteiger partial charge in [-0.1, -0.05) is 55.5 Å². The van der Waals surface area contributed by atoms with Crippen molar-refractivity contribution in [3.8, 4) is 0 Å². The molecule has 0 spiro atoms. The average Bonchev–Trinajstić information content (AvgIpc) is 2.45. The summed E-state index contributed by atoms with van der Waals surface area (Å²) in [6.07, 6.45) is 13.1. The Balaban J connectivity index is 5.10. The number of nitrogens with zero attached hydrogens (tertiary/aromatic N) is 1. The Bertz CT molecular complexity index is 354. The number of rotatable bonds is 10. The topological polar surface area (TPSA) is 3.24 Å². The second kappa shape index (κ2) is 10.4. The van der Waals surface area contributed by atoms with Crippen LogP contribution in [0.2, 0.25) is 0 Å². The van der Waals surface area contributed by atoms with E-state index in [9.17, 15) is 0 Å². The first-order chi connectivity index (χ1) is 9.53. The van der Waals surface area contributed by atoms with Crippen LogP contribution in [0.1, 0.15) is 34.1 Å². The van der Waals surface area contributed by atoms with Crippen molar-refractivity contribution in [3.05, 3.63) is 61.8 Å². The van der Waals surface area contributed by atoms with Crippen LogP contribution in [-0.4, -0.2) is 23.5 Å². The molecule has 0 rings (SSSR count). The summed E-state index contributed by atoms with van der Waals surface area (Å²) in [7, 11) is 0. The molecule has 0 saturated carbocycles. The Morgan fingerprint density at radius 2 is 1.70 bits per heavy atom. The molecule has 1 heteroatoms. The summed E-state index contributed by atoms with van der Waals surface area (Å²) in [6, 6.07) is 0.813. The lowest BCUT2D eigenvalue weighted by atomic mass is 9.96. The summed E-state index contributed by atoms with van der Waals surface area (Å²) in [6.45, 7) is 21.6. The quantitative estimate of drug-likeness (QED) is 0.393. The highest BCUT2D eigenvalue weighted by Crippen LogP contribution is 2.20. The van der Waals surface area contributed by atoms with E-state index >= 15 is 0 Å². The smallest absolute Gasteiger partial charge is 0.0282 e. The van der Waals surface area contributed by atoms with Gasteiger partial charge in [0.1, 0.15) is 0 Å². The summed E-state index contributed by atoms with van der Waals surface area (Å²) in [5, 5.41) is 0. The third-order valence-electron chi connectivity index (χ3n) is 3.87. The summed E-state index contributed by atoms with van der Waals surface area (Å²) >= 11 is 0. The first kappa shape index (κ1) is 18.7. The van der Waals surface area contributed by atoms with E-state index in [2.05, 4.69) is 58.4 Å². The molecule has 112 valence electrons. The lowest BCUT2D eigenvalue weighted by Crippen LogP contribution is -2.44. The van der Waals surface area contributed by atoms with Gasteiger partial charge in [-0.2, -0.15) is 0 Å². The molecule has 0 aromatic rings. The number of hydrogen-bond donors (Lipinski definition) is 0. The Kier molecular flexibility index (Phi) is 9.75.